The topological polar surface area (TPSA) is 30.0 Å². The van der Waals surface area contributed by atoms with Crippen molar-refractivity contribution in [2.24, 2.45) is 0 Å². The van der Waals surface area contributed by atoms with Gasteiger partial charge in [0.1, 0.15) is 0 Å². The molecule has 1 aromatic heterocycles. The molecular formula is C15H15Cl2NO. The van der Waals surface area contributed by atoms with E-state index in [9.17, 15) is 4.79 Å². The maximum atomic E-state index is 11.9. The number of Topliss-reactive ketones (excluding diaryl/α,β-unsaturated/α-hetero) is 1. The highest BCUT2D eigenvalue weighted by Crippen LogP contribution is 2.33. The minimum absolute atomic E-state index is 0.0258. The number of pyridine rings is 1. The van der Waals surface area contributed by atoms with Crippen LogP contribution in [-0.2, 0) is 5.41 Å². The second kappa shape index (κ2) is 4.77. The molecule has 0 aliphatic carbocycles. The molecule has 0 radical (unpaired) electrons. The summed E-state index contributed by atoms with van der Waals surface area (Å²) in [6, 6.07) is 5.20. The molecule has 4 heteroatoms. The van der Waals surface area contributed by atoms with Gasteiger partial charge in [0.15, 0.2) is 5.78 Å². The van der Waals surface area contributed by atoms with Gasteiger partial charge < -0.3 is 0 Å². The fourth-order valence-corrected chi connectivity index (χ4v) is 2.53. The Hall–Kier alpha value is -1.12. The van der Waals surface area contributed by atoms with E-state index in [1.54, 1.807) is 12.1 Å². The van der Waals surface area contributed by atoms with Crippen LogP contribution in [0.25, 0.3) is 10.9 Å². The van der Waals surface area contributed by atoms with Crippen molar-refractivity contribution in [2.75, 3.05) is 0 Å². The standard InChI is InChI=1S/C15H15Cl2NO/c1-8(19)10-7-13(15(2,3)4)18-12-6-9(16)5-11(17)14(10)12/h5-7H,1-4H3. The predicted molar refractivity (Wildman–Crippen MR) is 80.5 cm³/mol. The van der Waals surface area contributed by atoms with Crippen LogP contribution in [0.4, 0.5) is 0 Å². The van der Waals surface area contributed by atoms with Crippen molar-refractivity contribution < 1.29 is 4.79 Å². The summed E-state index contributed by atoms with van der Waals surface area (Å²) >= 11 is 12.2. The van der Waals surface area contributed by atoms with Gasteiger partial charge in [-0.1, -0.05) is 44.0 Å². The Morgan fingerprint density at radius 2 is 1.79 bits per heavy atom. The van der Waals surface area contributed by atoms with E-state index in [0.29, 0.717) is 26.5 Å². The van der Waals surface area contributed by atoms with E-state index in [1.807, 2.05) is 6.07 Å². The van der Waals surface area contributed by atoms with Crippen molar-refractivity contribution in [1.82, 2.24) is 4.98 Å². The lowest BCUT2D eigenvalue weighted by Crippen LogP contribution is -2.15. The first-order valence-electron chi connectivity index (χ1n) is 6.01. The van der Waals surface area contributed by atoms with Crippen molar-refractivity contribution in [2.45, 2.75) is 33.1 Å². The Labute approximate surface area is 122 Å². The Morgan fingerprint density at radius 1 is 1.16 bits per heavy atom. The van der Waals surface area contributed by atoms with Gasteiger partial charge in [0, 0.05) is 27.1 Å². The zero-order valence-electron chi connectivity index (χ0n) is 11.3. The van der Waals surface area contributed by atoms with Gasteiger partial charge in [-0.15, -0.1) is 0 Å². The predicted octanol–water partition coefficient (Wildman–Crippen LogP) is 5.04. The number of aromatic nitrogens is 1. The molecule has 2 nitrogen and oxygen atoms in total. The number of carbonyl (C=O) groups excluding carboxylic acids is 1. The Balaban J connectivity index is 2.92. The van der Waals surface area contributed by atoms with Crippen LogP contribution in [0, 0.1) is 0 Å². The fourth-order valence-electron chi connectivity index (χ4n) is 1.95. The lowest BCUT2D eigenvalue weighted by molar-refractivity contribution is 0.101. The first-order chi connectivity index (χ1) is 8.70. The van der Waals surface area contributed by atoms with Crippen molar-refractivity contribution in [3.63, 3.8) is 0 Å². The number of halogens is 2. The second-order valence-corrected chi connectivity index (χ2v) is 6.49. The molecule has 0 fully saturated rings. The van der Waals surface area contributed by atoms with Gasteiger partial charge in [-0.25, -0.2) is 0 Å². The number of nitrogens with zero attached hydrogens (tertiary/aromatic N) is 1. The largest absolute Gasteiger partial charge is 0.294 e. The summed E-state index contributed by atoms with van der Waals surface area (Å²) in [4.78, 5) is 16.4. The third-order valence-corrected chi connectivity index (χ3v) is 3.49. The highest BCUT2D eigenvalue weighted by Gasteiger charge is 2.20. The molecule has 0 bridgehead atoms. The minimum Gasteiger partial charge on any atom is -0.294 e. The summed E-state index contributed by atoms with van der Waals surface area (Å²) in [5.74, 6) is -0.0258. The number of rotatable bonds is 1. The van der Waals surface area contributed by atoms with Crippen LogP contribution in [0.5, 0.6) is 0 Å². The summed E-state index contributed by atoms with van der Waals surface area (Å²) in [5.41, 5.74) is 1.96. The summed E-state index contributed by atoms with van der Waals surface area (Å²) in [6.45, 7) is 7.69. The van der Waals surface area contributed by atoms with E-state index in [4.69, 9.17) is 23.2 Å². The van der Waals surface area contributed by atoms with Crippen LogP contribution in [0.1, 0.15) is 43.7 Å². The molecule has 0 N–H and O–H groups in total. The Kier molecular flexibility index (Phi) is 3.59. The molecule has 0 atom stereocenters. The normalized spacial score (nSPS) is 11.9. The van der Waals surface area contributed by atoms with E-state index >= 15 is 0 Å². The van der Waals surface area contributed by atoms with E-state index < -0.39 is 0 Å². The molecule has 2 aromatic rings. The average Bonchev–Trinajstić information content (AvgIpc) is 2.25. The van der Waals surface area contributed by atoms with Gasteiger partial charge >= 0.3 is 0 Å². The van der Waals surface area contributed by atoms with Gasteiger partial charge in [-0.2, -0.15) is 0 Å². The molecule has 0 unspecified atom stereocenters. The highest BCUT2D eigenvalue weighted by molar-refractivity contribution is 6.39. The quantitative estimate of drug-likeness (QED) is 0.690. The van der Waals surface area contributed by atoms with Crippen molar-refractivity contribution in [3.8, 4) is 0 Å². The zero-order chi connectivity index (χ0) is 14.4. The van der Waals surface area contributed by atoms with Crippen LogP contribution < -0.4 is 0 Å². The van der Waals surface area contributed by atoms with E-state index in [-0.39, 0.29) is 11.2 Å². The highest BCUT2D eigenvalue weighted by atomic mass is 35.5. The summed E-state index contributed by atoms with van der Waals surface area (Å²) in [6.07, 6.45) is 0. The molecule has 1 heterocycles. The molecule has 0 aliphatic heterocycles. The molecule has 0 amide bonds. The molecule has 0 saturated carbocycles. The van der Waals surface area contributed by atoms with Crippen LogP contribution in [-0.4, -0.2) is 10.8 Å². The number of fused-ring (bicyclic) bond motifs is 1. The summed E-state index contributed by atoms with van der Waals surface area (Å²) < 4.78 is 0. The minimum atomic E-state index is -0.146. The number of hydrogen-bond acceptors (Lipinski definition) is 2. The van der Waals surface area contributed by atoms with Crippen LogP contribution in [0.15, 0.2) is 18.2 Å². The van der Waals surface area contributed by atoms with E-state index in [2.05, 4.69) is 25.8 Å². The Bertz CT molecular complexity index is 672. The van der Waals surface area contributed by atoms with Gasteiger partial charge in [0.25, 0.3) is 0 Å². The monoisotopic (exact) mass is 295 g/mol. The van der Waals surface area contributed by atoms with Crippen LogP contribution in [0.3, 0.4) is 0 Å². The smallest absolute Gasteiger partial charge is 0.160 e. The zero-order valence-corrected chi connectivity index (χ0v) is 12.9. The Morgan fingerprint density at radius 3 is 2.32 bits per heavy atom. The fraction of sp³-hybridized carbons (Fsp3) is 0.333. The molecule has 0 aliphatic rings. The second-order valence-electron chi connectivity index (χ2n) is 5.64. The van der Waals surface area contributed by atoms with Gasteiger partial charge in [0.05, 0.1) is 10.5 Å². The maximum Gasteiger partial charge on any atom is 0.160 e. The third kappa shape index (κ3) is 2.75. The van der Waals surface area contributed by atoms with Crippen molar-refractivity contribution in [1.29, 1.82) is 0 Å². The van der Waals surface area contributed by atoms with Crippen molar-refractivity contribution >= 4 is 39.9 Å². The number of hydrogen-bond donors (Lipinski definition) is 0. The first-order valence-corrected chi connectivity index (χ1v) is 6.77. The molecule has 0 spiro atoms. The SMILES string of the molecule is CC(=O)c1cc(C(C)(C)C)nc2cc(Cl)cc(Cl)c12. The maximum absolute atomic E-state index is 11.9. The van der Waals surface area contributed by atoms with Crippen molar-refractivity contribution in [3.05, 3.63) is 39.5 Å². The summed E-state index contributed by atoms with van der Waals surface area (Å²) in [5, 5.41) is 1.65. The molecule has 100 valence electrons. The number of carbonyl (C=O) groups is 1. The average molecular weight is 296 g/mol. The van der Waals surface area contributed by atoms with E-state index in [1.165, 1.54) is 6.92 Å². The first kappa shape index (κ1) is 14.3. The molecule has 1 aromatic carbocycles. The van der Waals surface area contributed by atoms with Gasteiger partial charge in [0.2, 0.25) is 0 Å². The number of ketones is 1. The molecule has 2 rings (SSSR count). The van der Waals surface area contributed by atoms with Gasteiger partial charge in [-0.3, -0.25) is 9.78 Å². The number of benzene rings is 1. The lowest BCUT2D eigenvalue weighted by Gasteiger charge is -2.20. The van der Waals surface area contributed by atoms with Gasteiger partial charge in [-0.05, 0) is 25.1 Å². The molecule has 19 heavy (non-hydrogen) atoms. The van der Waals surface area contributed by atoms with Crippen LogP contribution in [0.2, 0.25) is 10.0 Å². The lowest BCUT2D eigenvalue weighted by atomic mass is 9.89. The third-order valence-electron chi connectivity index (χ3n) is 2.97. The molecule has 0 saturated heterocycles. The van der Waals surface area contributed by atoms with E-state index in [0.717, 1.165) is 5.69 Å². The molecular weight excluding hydrogens is 281 g/mol. The van der Waals surface area contributed by atoms with Crippen LogP contribution >= 0.6 is 23.2 Å². The summed E-state index contributed by atoms with van der Waals surface area (Å²) in [7, 11) is 0.